The summed E-state index contributed by atoms with van der Waals surface area (Å²) >= 11 is 0. The third-order valence-corrected chi connectivity index (χ3v) is 4.07. The molecule has 2 N–H and O–H groups in total. The van der Waals surface area contributed by atoms with Gasteiger partial charge in [0.1, 0.15) is 5.82 Å². The summed E-state index contributed by atoms with van der Waals surface area (Å²) in [5.41, 5.74) is 0.677. The molecule has 1 unspecified atom stereocenters. The van der Waals surface area contributed by atoms with E-state index in [-0.39, 0.29) is 17.4 Å². The number of aromatic carboxylic acids is 1. The standard InChI is InChI=1S/C16H18N4O3/c1-10-17-14(19-18-10)13-3-2-8-20(9-13)15(21)11-4-6-12(7-5-11)16(22)23/h4-7,13H,2-3,8-9H2,1H3,(H,22,23)(H,17,18,19). The van der Waals surface area contributed by atoms with Crippen molar-refractivity contribution in [1.82, 2.24) is 20.1 Å². The highest BCUT2D eigenvalue weighted by atomic mass is 16.4. The number of rotatable bonds is 3. The van der Waals surface area contributed by atoms with Gasteiger partial charge in [0.2, 0.25) is 0 Å². The minimum absolute atomic E-state index is 0.0844. The Hall–Kier alpha value is -2.70. The fourth-order valence-corrected chi connectivity index (χ4v) is 2.85. The van der Waals surface area contributed by atoms with E-state index in [4.69, 9.17) is 5.11 Å². The van der Waals surface area contributed by atoms with Gasteiger partial charge < -0.3 is 10.0 Å². The topological polar surface area (TPSA) is 99.2 Å². The molecule has 23 heavy (non-hydrogen) atoms. The van der Waals surface area contributed by atoms with Crippen LogP contribution >= 0.6 is 0 Å². The number of amides is 1. The molecular weight excluding hydrogens is 296 g/mol. The highest BCUT2D eigenvalue weighted by Gasteiger charge is 2.27. The number of carbonyl (C=O) groups is 2. The first-order valence-corrected chi connectivity index (χ1v) is 7.56. The third kappa shape index (κ3) is 3.23. The van der Waals surface area contributed by atoms with E-state index in [0.717, 1.165) is 24.5 Å². The van der Waals surface area contributed by atoms with Crippen LogP contribution in [-0.4, -0.2) is 50.2 Å². The molecule has 1 atom stereocenters. The van der Waals surface area contributed by atoms with Crippen molar-refractivity contribution >= 4 is 11.9 Å². The van der Waals surface area contributed by atoms with Crippen molar-refractivity contribution in [2.75, 3.05) is 13.1 Å². The Morgan fingerprint density at radius 2 is 1.96 bits per heavy atom. The van der Waals surface area contributed by atoms with Gasteiger partial charge >= 0.3 is 5.97 Å². The number of aromatic amines is 1. The van der Waals surface area contributed by atoms with Crippen molar-refractivity contribution in [3.05, 3.63) is 47.0 Å². The lowest BCUT2D eigenvalue weighted by Crippen LogP contribution is -2.39. The number of aromatic nitrogens is 3. The fraction of sp³-hybridized carbons (Fsp3) is 0.375. The number of nitrogens with one attached hydrogen (secondary N) is 1. The lowest BCUT2D eigenvalue weighted by Gasteiger charge is -2.31. The van der Waals surface area contributed by atoms with Gasteiger partial charge in [0.05, 0.1) is 5.56 Å². The van der Waals surface area contributed by atoms with E-state index in [0.29, 0.717) is 18.7 Å². The quantitative estimate of drug-likeness (QED) is 0.900. The molecule has 7 heteroatoms. The number of carboxylic acid groups (broad SMARTS) is 1. The Bertz CT molecular complexity index is 723. The SMILES string of the molecule is Cc1nc(C2CCCN(C(=O)c3ccc(C(=O)O)cc3)C2)n[nH]1. The molecule has 1 aromatic heterocycles. The number of likely N-dealkylation sites (tertiary alicyclic amines) is 1. The summed E-state index contributed by atoms with van der Waals surface area (Å²) in [5, 5.41) is 15.9. The van der Waals surface area contributed by atoms with Gasteiger partial charge in [0.15, 0.2) is 5.82 Å². The Kier molecular flexibility index (Phi) is 4.10. The first-order valence-electron chi connectivity index (χ1n) is 7.56. The number of carbonyl (C=O) groups excluding carboxylic acids is 1. The molecule has 1 aliphatic heterocycles. The van der Waals surface area contributed by atoms with E-state index in [2.05, 4.69) is 15.2 Å². The third-order valence-electron chi connectivity index (χ3n) is 4.07. The maximum absolute atomic E-state index is 12.6. The zero-order valence-electron chi connectivity index (χ0n) is 12.8. The Balaban J connectivity index is 1.72. The van der Waals surface area contributed by atoms with Gasteiger partial charge in [0.25, 0.3) is 5.91 Å². The monoisotopic (exact) mass is 314 g/mol. The molecule has 120 valence electrons. The molecule has 2 aromatic rings. The minimum atomic E-state index is -0.998. The van der Waals surface area contributed by atoms with Crippen molar-refractivity contribution in [3.8, 4) is 0 Å². The average Bonchev–Trinajstić information content (AvgIpc) is 3.01. The second kappa shape index (κ2) is 6.20. The van der Waals surface area contributed by atoms with Gasteiger partial charge in [-0.15, -0.1) is 0 Å². The molecule has 2 heterocycles. The van der Waals surface area contributed by atoms with Gasteiger partial charge in [-0.2, -0.15) is 5.10 Å². The summed E-state index contributed by atoms with van der Waals surface area (Å²) in [6.45, 7) is 3.13. The molecule has 0 aliphatic carbocycles. The minimum Gasteiger partial charge on any atom is -0.478 e. The highest BCUT2D eigenvalue weighted by molar-refractivity contribution is 5.96. The summed E-state index contributed by atoms with van der Waals surface area (Å²) in [4.78, 5) is 29.6. The summed E-state index contributed by atoms with van der Waals surface area (Å²) in [6.07, 6.45) is 1.86. The summed E-state index contributed by atoms with van der Waals surface area (Å²) < 4.78 is 0. The lowest BCUT2D eigenvalue weighted by molar-refractivity contribution is 0.0686. The van der Waals surface area contributed by atoms with Crippen molar-refractivity contribution in [3.63, 3.8) is 0 Å². The fourth-order valence-electron chi connectivity index (χ4n) is 2.85. The smallest absolute Gasteiger partial charge is 0.335 e. The van der Waals surface area contributed by atoms with Crippen LogP contribution < -0.4 is 0 Å². The number of hydrogen-bond acceptors (Lipinski definition) is 4. The highest BCUT2D eigenvalue weighted by Crippen LogP contribution is 2.25. The largest absolute Gasteiger partial charge is 0.478 e. The Morgan fingerprint density at radius 3 is 2.57 bits per heavy atom. The first-order chi connectivity index (χ1) is 11.0. The predicted octanol–water partition coefficient (Wildman–Crippen LogP) is 1.83. The zero-order valence-corrected chi connectivity index (χ0v) is 12.8. The number of benzene rings is 1. The number of hydrogen-bond donors (Lipinski definition) is 2. The molecule has 1 saturated heterocycles. The van der Waals surface area contributed by atoms with Gasteiger partial charge in [-0.3, -0.25) is 9.89 Å². The molecular formula is C16H18N4O3. The van der Waals surface area contributed by atoms with Gasteiger partial charge in [-0.1, -0.05) is 0 Å². The van der Waals surface area contributed by atoms with Crippen LogP contribution in [0.25, 0.3) is 0 Å². The number of piperidine rings is 1. The van der Waals surface area contributed by atoms with Crippen LogP contribution in [-0.2, 0) is 0 Å². The van der Waals surface area contributed by atoms with E-state index < -0.39 is 5.97 Å². The van der Waals surface area contributed by atoms with Crippen LogP contribution in [0.2, 0.25) is 0 Å². The van der Waals surface area contributed by atoms with E-state index >= 15 is 0 Å². The van der Waals surface area contributed by atoms with E-state index in [9.17, 15) is 9.59 Å². The van der Waals surface area contributed by atoms with Crippen LogP contribution in [0.3, 0.4) is 0 Å². The number of aryl methyl sites for hydroxylation is 1. The molecule has 0 radical (unpaired) electrons. The van der Waals surface area contributed by atoms with Crippen LogP contribution in [0.5, 0.6) is 0 Å². The molecule has 3 rings (SSSR count). The van der Waals surface area contributed by atoms with Crippen molar-refractivity contribution in [2.45, 2.75) is 25.7 Å². The molecule has 0 bridgehead atoms. The van der Waals surface area contributed by atoms with Gasteiger partial charge in [0, 0.05) is 24.6 Å². The first kappa shape index (κ1) is 15.2. The maximum atomic E-state index is 12.6. The number of carboxylic acids is 1. The zero-order chi connectivity index (χ0) is 16.4. The van der Waals surface area contributed by atoms with Crippen molar-refractivity contribution in [2.24, 2.45) is 0 Å². The summed E-state index contributed by atoms with van der Waals surface area (Å²) in [6, 6.07) is 6.03. The van der Waals surface area contributed by atoms with E-state index in [1.54, 1.807) is 17.0 Å². The second-order valence-corrected chi connectivity index (χ2v) is 5.75. The predicted molar refractivity (Wildman–Crippen MR) is 82.4 cm³/mol. The van der Waals surface area contributed by atoms with Crippen molar-refractivity contribution in [1.29, 1.82) is 0 Å². The molecule has 0 saturated carbocycles. The molecule has 7 nitrogen and oxygen atoms in total. The molecule has 1 aromatic carbocycles. The summed E-state index contributed by atoms with van der Waals surface area (Å²) in [7, 11) is 0. The van der Waals surface area contributed by atoms with Crippen LogP contribution in [0.15, 0.2) is 24.3 Å². The molecule has 0 spiro atoms. The van der Waals surface area contributed by atoms with Crippen LogP contribution in [0.1, 0.15) is 51.1 Å². The normalized spacial score (nSPS) is 18.0. The van der Waals surface area contributed by atoms with Gasteiger partial charge in [-0.25, -0.2) is 9.78 Å². The van der Waals surface area contributed by atoms with Crippen molar-refractivity contribution < 1.29 is 14.7 Å². The van der Waals surface area contributed by atoms with Crippen LogP contribution in [0, 0.1) is 6.92 Å². The molecule has 1 amide bonds. The second-order valence-electron chi connectivity index (χ2n) is 5.75. The molecule has 1 aliphatic rings. The number of H-pyrrole nitrogens is 1. The van der Waals surface area contributed by atoms with E-state index in [1.165, 1.54) is 12.1 Å². The molecule has 1 fully saturated rings. The van der Waals surface area contributed by atoms with E-state index in [1.807, 2.05) is 6.92 Å². The van der Waals surface area contributed by atoms with Gasteiger partial charge in [-0.05, 0) is 44.0 Å². The average molecular weight is 314 g/mol. The Labute approximate surface area is 133 Å². The van der Waals surface area contributed by atoms with Crippen LogP contribution in [0.4, 0.5) is 0 Å². The Morgan fingerprint density at radius 1 is 1.26 bits per heavy atom. The summed E-state index contributed by atoms with van der Waals surface area (Å²) in [5.74, 6) is 0.575. The lowest BCUT2D eigenvalue weighted by atomic mass is 9.96. The maximum Gasteiger partial charge on any atom is 0.335 e. The number of nitrogens with zero attached hydrogens (tertiary/aromatic N) is 3.